The van der Waals surface area contributed by atoms with Crippen LogP contribution >= 0.6 is 11.6 Å². The number of hydrogen-bond acceptors (Lipinski definition) is 3. The first-order valence-corrected chi connectivity index (χ1v) is 7.52. The summed E-state index contributed by atoms with van der Waals surface area (Å²) in [6, 6.07) is 6.46. The molecule has 0 saturated carbocycles. The van der Waals surface area contributed by atoms with Crippen LogP contribution in [0.5, 0.6) is 0 Å². The van der Waals surface area contributed by atoms with Crippen LogP contribution in [0.15, 0.2) is 24.3 Å². The van der Waals surface area contributed by atoms with Crippen molar-refractivity contribution < 1.29 is 13.2 Å². The van der Waals surface area contributed by atoms with E-state index in [0.717, 1.165) is 11.8 Å². The summed E-state index contributed by atoms with van der Waals surface area (Å²) in [4.78, 5) is 11.1. The normalized spacial score (nSPS) is 13.1. The van der Waals surface area contributed by atoms with Gasteiger partial charge in [0.25, 0.3) is 0 Å². The van der Waals surface area contributed by atoms with Crippen molar-refractivity contribution in [1.29, 1.82) is 0 Å². The molecule has 18 heavy (non-hydrogen) atoms. The van der Waals surface area contributed by atoms with Crippen LogP contribution in [0.3, 0.4) is 0 Å². The molecule has 0 bridgehead atoms. The van der Waals surface area contributed by atoms with Gasteiger partial charge in [-0.15, -0.1) is 0 Å². The second kappa shape index (κ2) is 6.17. The van der Waals surface area contributed by atoms with Crippen LogP contribution in [0.1, 0.15) is 18.5 Å². The minimum absolute atomic E-state index is 0.0821. The Hall–Kier alpha value is -1.11. The summed E-state index contributed by atoms with van der Waals surface area (Å²) in [6.45, 7) is 1.46. The molecule has 1 amide bonds. The van der Waals surface area contributed by atoms with E-state index < -0.39 is 16.1 Å². The van der Waals surface area contributed by atoms with Gasteiger partial charge in [-0.25, -0.2) is 13.1 Å². The number of nitrogens with one attached hydrogen (secondary N) is 2. The smallest absolute Gasteiger partial charge is 0.217 e. The molecule has 5 nitrogen and oxygen atoms in total. The van der Waals surface area contributed by atoms with E-state index in [2.05, 4.69) is 10.0 Å². The average Bonchev–Trinajstić information content (AvgIpc) is 2.22. The molecule has 0 radical (unpaired) electrons. The molecule has 1 unspecified atom stereocenters. The average molecular weight is 291 g/mol. The van der Waals surface area contributed by atoms with Crippen molar-refractivity contribution in [3.05, 3.63) is 34.9 Å². The van der Waals surface area contributed by atoms with Gasteiger partial charge in [0.1, 0.15) is 0 Å². The van der Waals surface area contributed by atoms with Crippen molar-refractivity contribution in [3.63, 3.8) is 0 Å². The molecule has 0 heterocycles. The van der Waals surface area contributed by atoms with Gasteiger partial charge < -0.3 is 5.32 Å². The number of carbonyl (C=O) groups is 1. The van der Waals surface area contributed by atoms with Gasteiger partial charge >= 0.3 is 0 Å². The molecule has 100 valence electrons. The Morgan fingerprint density at radius 3 is 2.61 bits per heavy atom. The van der Waals surface area contributed by atoms with Crippen molar-refractivity contribution in [3.8, 4) is 0 Å². The third-order valence-corrected chi connectivity index (χ3v) is 3.10. The minimum Gasteiger partial charge on any atom is -0.348 e. The van der Waals surface area contributed by atoms with Gasteiger partial charge in [0.05, 0.1) is 12.3 Å². The number of hydrogen-bond donors (Lipinski definition) is 2. The minimum atomic E-state index is -3.31. The Balaban J connectivity index is 2.87. The number of rotatable bonds is 5. The van der Waals surface area contributed by atoms with E-state index in [4.69, 9.17) is 11.6 Å². The zero-order valence-electron chi connectivity index (χ0n) is 10.1. The summed E-state index contributed by atoms with van der Waals surface area (Å²) >= 11 is 5.86. The number of amides is 1. The van der Waals surface area contributed by atoms with Crippen molar-refractivity contribution in [1.82, 2.24) is 10.0 Å². The van der Waals surface area contributed by atoms with Crippen LogP contribution in [0.25, 0.3) is 0 Å². The van der Waals surface area contributed by atoms with Gasteiger partial charge in [-0.2, -0.15) is 0 Å². The predicted molar refractivity (Wildman–Crippen MR) is 70.9 cm³/mol. The summed E-state index contributed by atoms with van der Waals surface area (Å²) in [5.41, 5.74) is 0.744. The van der Waals surface area contributed by atoms with Crippen LogP contribution in [-0.4, -0.2) is 27.1 Å². The molecular formula is C11H15ClN2O3S. The number of benzene rings is 1. The Morgan fingerprint density at radius 1 is 1.44 bits per heavy atom. The van der Waals surface area contributed by atoms with Crippen molar-refractivity contribution in [2.75, 3.05) is 12.8 Å². The second-order valence-corrected chi connectivity index (χ2v) is 6.20. The molecule has 7 heteroatoms. The molecule has 1 rings (SSSR count). The maximum Gasteiger partial charge on any atom is 0.217 e. The molecule has 2 N–H and O–H groups in total. The largest absolute Gasteiger partial charge is 0.348 e. The van der Waals surface area contributed by atoms with Crippen LogP contribution in [0.2, 0.25) is 5.02 Å². The van der Waals surface area contributed by atoms with Gasteiger partial charge in [-0.05, 0) is 17.7 Å². The molecule has 1 atom stereocenters. The van der Waals surface area contributed by atoms with E-state index in [-0.39, 0.29) is 12.5 Å². The zero-order valence-corrected chi connectivity index (χ0v) is 11.7. The van der Waals surface area contributed by atoms with E-state index in [9.17, 15) is 13.2 Å². The first kappa shape index (κ1) is 14.9. The summed E-state index contributed by atoms with van der Waals surface area (Å²) in [5, 5.41) is 3.20. The third kappa shape index (κ3) is 5.48. The van der Waals surface area contributed by atoms with Crippen molar-refractivity contribution in [2.45, 2.75) is 13.0 Å². The Labute approximate surface area is 112 Å². The molecule has 1 aromatic carbocycles. The van der Waals surface area contributed by atoms with Gasteiger partial charge in [0, 0.05) is 18.5 Å². The molecule has 0 saturated heterocycles. The molecule has 0 spiro atoms. The Kier molecular flexibility index (Phi) is 5.13. The summed E-state index contributed by atoms with van der Waals surface area (Å²) < 4.78 is 24.5. The van der Waals surface area contributed by atoms with Crippen molar-refractivity contribution in [2.24, 2.45) is 0 Å². The van der Waals surface area contributed by atoms with Crippen LogP contribution in [0.4, 0.5) is 0 Å². The van der Waals surface area contributed by atoms with E-state index in [1.807, 2.05) is 0 Å². The fourth-order valence-corrected chi connectivity index (χ4v) is 2.12. The predicted octanol–water partition coefficient (Wildman–Crippen LogP) is 1.07. The first-order valence-electron chi connectivity index (χ1n) is 5.25. The summed E-state index contributed by atoms with van der Waals surface area (Å²) in [5.74, 6) is -0.240. The molecule has 0 aliphatic heterocycles. The van der Waals surface area contributed by atoms with Crippen LogP contribution < -0.4 is 10.0 Å². The van der Waals surface area contributed by atoms with Gasteiger partial charge in [0.15, 0.2) is 0 Å². The van der Waals surface area contributed by atoms with Crippen molar-refractivity contribution >= 4 is 27.5 Å². The lowest BCUT2D eigenvalue weighted by molar-refractivity contribution is -0.119. The molecule has 1 aromatic rings. The SMILES string of the molecule is CC(=O)NC(CNS(C)(=O)=O)c1cccc(Cl)c1. The number of carbonyl (C=O) groups excluding carboxylic acids is 1. The quantitative estimate of drug-likeness (QED) is 0.852. The van der Waals surface area contributed by atoms with Gasteiger partial charge in [-0.3, -0.25) is 4.79 Å². The lowest BCUT2D eigenvalue weighted by atomic mass is 10.1. The zero-order chi connectivity index (χ0) is 13.8. The number of sulfonamides is 1. The molecular weight excluding hydrogens is 276 g/mol. The second-order valence-electron chi connectivity index (χ2n) is 3.93. The third-order valence-electron chi connectivity index (χ3n) is 2.18. The van der Waals surface area contributed by atoms with Gasteiger partial charge in [0.2, 0.25) is 15.9 Å². The lowest BCUT2D eigenvalue weighted by Crippen LogP contribution is -2.36. The van der Waals surface area contributed by atoms with E-state index in [1.165, 1.54) is 6.92 Å². The molecule has 0 aliphatic carbocycles. The number of halogens is 1. The highest BCUT2D eigenvalue weighted by molar-refractivity contribution is 7.88. The molecule has 0 fully saturated rings. The van der Waals surface area contributed by atoms with E-state index in [0.29, 0.717) is 5.02 Å². The Morgan fingerprint density at radius 2 is 2.11 bits per heavy atom. The topological polar surface area (TPSA) is 75.3 Å². The summed E-state index contributed by atoms with van der Waals surface area (Å²) in [6.07, 6.45) is 1.07. The first-order chi connectivity index (χ1) is 8.28. The summed E-state index contributed by atoms with van der Waals surface area (Å²) in [7, 11) is -3.31. The monoisotopic (exact) mass is 290 g/mol. The highest BCUT2D eigenvalue weighted by atomic mass is 35.5. The van der Waals surface area contributed by atoms with E-state index in [1.54, 1.807) is 24.3 Å². The van der Waals surface area contributed by atoms with Crippen LogP contribution in [0, 0.1) is 0 Å². The van der Waals surface area contributed by atoms with Crippen LogP contribution in [-0.2, 0) is 14.8 Å². The highest BCUT2D eigenvalue weighted by Crippen LogP contribution is 2.17. The van der Waals surface area contributed by atoms with E-state index >= 15 is 0 Å². The maximum atomic E-state index is 11.1. The molecule has 0 aliphatic rings. The standard InChI is InChI=1S/C11H15ClN2O3S/c1-8(15)14-11(7-13-18(2,16)17)9-4-3-5-10(12)6-9/h3-6,11,13H,7H2,1-2H3,(H,14,15). The molecule has 0 aromatic heterocycles. The lowest BCUT2D eigenvalue weighted by Gasteiger charge is -2.18. The van der Waals surface area contributed by atoms with Gasteiger partial charge in [-0.1, -0.05) is 23.7 Å². The maximum absolute atomic E-state index is 11.1. The Bertz CT molecular complexity index is 531. The fraction of sp³-hybridized carbons (Fsp3) is 0.364. The highest BCUT2D eigenvalue weighted by Gasteiger charge is 2.14. The fourth-order valence-electron chi connectivity index (χ4n) is 1.46.